The van der Waals surface area contributed by atoms with Crippen molar-refractivity contribution in [1.29, 1.82) is 0 Å². The van der Waals surface area contributed by atoms with Crippen LogP contribution in [0.4, 0.5) is 0 Å². The van der Waals surface area contributed by atoms with Gasteiger partial charge in [0.25, 0.3) is 11.8 Å². The minimum atomic E-state index is -0.514. The number of phenolic OH excluding ortho intramolecular Hbond substituents is 1. The molecular weight excluding hydrogens is 514 g/mol. The first-order valence-corrected chi connectivity index (χ1v) is 8.78. The summed E-state index contributed by atoms with van der Waals surface area (Å²) in [5.74, 6) is -0.886. The van der Waals surface area contributed by atoms with E-state index in [9.17, 15) is 14.7 Å². The lowest BCUT2D eigenvalue weighted by Gasteiger charge is -2.07. The standard InChI is InChI=1S/C14H10Br3N3O4/c15-8-4-9(16)13(22)12(17)7(8)5-19-20-11(21)6-18-14(23)10-2-1-3-24-10/h1-5,22H,6H2,(H,18,23)(H,20,21)/b19-5-. The first kappa shape index (κ1) is 18.7. The lowest BCUT2D eigenvalue weighted by molar-refractivity contribution is -0.120. The van der Waals surface area contributed by atoms with Crippen LogP contribution in [0.1, 0.15) is 16.1 Å². The van der Waals surface area contributed by atoms with Gasteiger partial charge in [-0.25, -0.2) is 5.43 Å². The van der Waals surface area contributed by atoms with E-state index in [1.165, 1.54) is 18.5 Å². The lowest BCUT2D eigenvalue weighted by atomic mass is 10.2. The number of phenols is 1. The lowest BCUT2D eigenvalue weighted by Crippen LogP contribution is -2.34. The number of amides is 2. The second kappa shape index (κ2) is 8.45. The predicted molar refractivity (Wildman–Crippen MR) is 98.0 cm³/mol. The van der Waals surface area contributed by atoms with E-state index >= 15 is 0 Å². The van der Waals surface area contributed by atoms with E-state index < -0.39 is 11.8 Å². The molecule has 0 spiro atoms. The molecule has 0 saturated carbocycles. The van der Waals surface area contributed by atoms with Gasteiger partial charge in [-0.3, -0.25) is 9.59 Å². The minimum Gasteiger partial charge on any atom is -0.506 e. The molecule has 0 bridgehead atoms. The summed E-state index contributed by atoms with van der Waals surface area (Å²) >= 11 is 9.77. The molecule has 0 atom stereocenters. The van der Waals surface area contributed by atoms with Gasteiger partial charge in [0.2, 0.25) is 0 Å². The Hall–Kier alpha value is -1.65. The van der Waals surface area contributed by atoms with Crippen molar-refractivity contribution in [2.24, 2.45) is 5.10 Å². The van der Waals surface area contributed by atoms with Gasteiger partial charge >= 0.3 is 0 Å². The van der Waals surface area contributed by atoms with Gasteiger partial charge in [-0.05, 0) is 50.1 Å². The van der Waals surface area contributed by atoms with Gasteiger partial charge in [0.1, 0.15) is 5.75 Å². The first-order chi connectivity index (χ1) is 11.4. The summed E-state index contributed by atoms with van der Waals surface area (Å²) in [6, 6.07) is 4.70. The Kier molecular flexibility index (Phi) is 6.58. The van der Waals surface area contributed by atoms with Crippen molar-refractivity contribution in [3.8, 4) is 5.75 Å². The van der Waals surface area contributed by atoms with Gasteiger partial charge in [0, 0.05) is 10.0 Å². The van der Waals surface area contributed by atoms with Crippen molar-refractivity contribution in [1.82, 2.24) is 10.7 Å². The third kappa shape index (κ3) is 4.68. The van der Waals surface area contributed by atoms with Crippen molar-refractivity contribution in [3.63, 3.8) is 0 Å². The average Bonchev–Trinajstić information content (AvgIpc) is 3.08. The summed E-state index contributed by atoms with van der Waals surface area (Å²) in [5.41, 5.74) is 2.81. The van der Waals surface area contributed by atoms with Gasteiger partial charge in [0.15, 0.2) is 5.76 Å². The fourth-order valence-corrected chi connectivity index (χ4v) is 3.90. The largest absolute Gasteiger partial charge is 0.506 e. The number of hydrazone groups is 1. The summed E-state index contributed by atoms with van der Waals surface area (Å²) in [5, 5.41) is 16.0. The van der Waals surface area contributed by atoms with E-state index in [4.69, 9.17) is 4.42 Å². The molecule has 1 heterocycles. The summed E-state index contributed by atoms with van der Waals surface area (Å²) in [6.07, 6.45) is 2.72. The number of nitrogens with zero attached hydrogens (tertiary/aromatic N) is 1. The van der Waals surface area contributed by atoms with Gasteiger partial charge < -0.3 is 14.8 Å². The molecule has 1 aromatic carbocycles. The molecule has 0 radical (unpaired) electrons. The van der Waals surface area contributed by atoms with Crippen LogP contribution in [0.25, 0.3) is 0 Å². The summed E-state index contributed by atoms with van der Waals surface area (Å²) in [4.78, 5) is 23.2. The number of nitrogens with one attached hydrogen (secondary N) is 2. The van der Waals surface area contributed by atoms with Crippen molar-refractivity contribution in [3.05, 3.63) is 49.2 Å². The molecule has 126 valence electrons. The third-order valence-corrected chi connectivity index (χ3v) is 4.78. The van der Waals surface area contributed by atoms with Crippen molar-refractivity contribution in [2.75, 3.05) is 6.54 Å². The Morgan fingerprint density at radius 2 is 2.04 bits per heavy atom. The van der Waals surface area contributed by atoms with Gasteiger partial charge in [0.05, 0.1) is 28.0 Å². The maximum absolute atomic E-state index is 11.6. The highest BCUT2D eigenvalue weighted by Crippen LogP contribution is 2.38. The van der Waals surface area contributed by atoms with Crippen LogP contribution in [0, 0.1) is 0 Å². The number of carbonyl (C=O) groups is 2. The molecule has 0 aliphatic carbocycles. The van der Waals surface area contributed by atoms with E-state index in [1.54, 1.807) is 12.1 Å². The molecule has 0 fully saturated rings. The summed E-state index contributed by atoms with van der Waals surface area (Å²) < 4.78 is 6.47. The molecule has 3 N–H and O–H groups in total. The maximum atomic E-state index is 11.6. The van der Waals surface area contributed by atoms with Crippen LogP contribution >= 0.6 is 47.8 Å². The molecule has 2 aromatic rings. The number of hydrogen-bond donors (Lipinski definition) is 3. The Bertz CT molecular complexity index is 791. The number of carbonyl (C=O) groups excluding carboxylic acids is 2. The van der Waals surface area contributed by atoms with Crippen LogP contribution in [0.2, 0.25) is 0 Å². The van der Waals surface area contributed by atoms with E-state index in [0.29, 0.717) is 19.0 Å². The minimum absolute atomic E-state index is 0.0108. The topological polar surface area (TPSA) is 104 Å². The van der Waals surface area contributed by atoms with Crippen LogP contribution in [0.5, 0.6) is 5.75 Å². The van der Waals surface area contributed by atoms with E-state index in [-0.39, 0.29) is 18.1 Å². The molecule has 24 heavy (non-hydrogen) atoms. The highest BCUT2D eigenvalue weighted by Gasteiger charge is 2.12. The second-order valence-corrected chi connectivity index (χ2v) is 6.87. The SMILES string of the molecule is O=C(CNC(=O)c1ccco1)N/N=C\c1c(Br)cc(Br)c(O)c1Br. The zero-order valence-electron chi connectivity index (χ0n) is 11.8. The highest BCUT2D eigenvalue weighted by molar-refractivity contribution is 9.11. The molecule has 0 aliphatic rings. The smallest absolute Gasteiger partial charge is 0.287 e. The molecule has 2 rings (SSSR count). The molecule has 10 heteroatoms. The zero-order valence-corrected chi connectivity index (χ0v) is 16.6. The van der Waals surface area contributed by atoms with Gasteiger partial charge in [-0.2, -0.15) is 5.10 Å². The van der Waals surface area contributed by atoms with Gasteiger partial charge in [-0.15, -0.1) is 0 Å². The van der Waals surface area contributed by atoms with Crippen LogP contribution in [0.3, 0.4) is 0 Å². The number of halogens is 3. The molecule has 2 amide bonds. The van der Waals surface area contributed by atoms with Crippen LogP contribution < -0.4 is 10.7 Å². The predicted octanol–water partition coefficient (Wildman–Crippen LogP) is 3.15. The van der Waals surface area contributed by atoms with Crippen molar-refractivity contribution >= 4 is 65.8 Å². The molecule has 1 aromatic heterocycles. The van der Waals surface area contributed by atoms with Crippen LogP contribution in [-0.2, 0) is 4.79 Å². The number of aromatic hydroxyl groups is 1. The highest BCUT2D eigenvalue weighted by atomic mass is 79.9. The maximum Gasteiger partial charge on any atom is 0.287 e. The molecule has 7 nitrogen and oxygen atoms in total. The Morgan fingerprint density at radius 3 is 2.71 bits per heavy atom. The monoisotopic (exact) mass is 521 g/mol. The van der Waals surface area contributed by atoms with Crippen LogP contribution in [0.15, 0.2) is 47.4 Å². The van der Waals surface area contributed by atoms with Crippen LogP contribution in [-0.4, -0.2) is 29.7 Å². The molecular formula is C14H10Br3N3O4. The van der Waals surface area contributed by atoms with E-state index in [0.717, 1.165) is 0 Å². The van der Waals surface area contributed by atoms with E-state index in [2.05, 4.69) is 63.6 Å². The van der Waals surface area contributed by atoms with Gasteiger partial charge in [-0.1, -0.05) is 15.9 Å². The van der Waals surface area contributed by atoms with E-state index in [1.807, 2.05) is 0 Å². The fourth-order valence-electron chi connectivity index (χ4n) is 1.58. The quantitative estimate of drug-likeness (QED) is 0.414. The number of furan rings is 1. The third-order valence-electron chi connectivity index (χ3n) is 2.72. The normalized spacial score (nSPS) is 10.8. The molecule has 0 saturated heterocycles. The summed E-state index contributed by atoms with van der Waals surface area (Å²) in [6.45, 7) is -0.259. The average molecular weight is 524 g/mol. The van der Waals surface area contributed by atoms with Crippen molar-refractivity contribution in [2.45, 2.75) is 0 Å². The fraction of sp³-hybridized carbons (Fsp3) is 0.0714. The summed E-state index contributed by atoms with van der Waals surface area (Å²) in [7, 11) is 0. The zero-order chi connectivity index (χ0) is 17.7. The number of hydrogen-bond acceptors (Lipinski definition) is 5. The second-order valence-electron chi connectivity index (χ2n) is 4.37. The number of benzene rings is 1. The first-order valence-electron chi connectivity index (χ1n) is 6.40. The number of rotatable bonds is 5. The molecule has 0 aliphatic heterocycles. The van der Waals surface area contributed by atoms with Crippen molar-refractivity contribution < 1.29 is 19.1 Å². The Morgan fingerprint density at radius 1 is 1.29 bits per heavy atom. The Balaban J connectivity index is 1.91. The molecule has 0 unspecified atom stereocenters. The Labute approximate surface area is 161 Å².